The van der Waals surface area contributed by atoms with Crippen molar-refractivity contribution in [2.75, 3.05) is 36.5 Å². The van der Waals surface area contributed by atoms with Gasteiger partial charge in [0.1, 0.15) is 0 Å². The number of hydrogen-bond donors (Lipinski definition) is 1. The molecule has 0 aliphatic carbocycles. The first-order valence-electron chi connectivity index (χ1n) is 8.12. The minimum Gasteiger partial charge on any atom is -0.463 e. The largest absolute Gasteiger partial charge is 0.463 e. The van der Waals surface area contributed by atoms with Gasteiger partial charge < -0.3 is 15.0 Å². The first-order chi connectivity index (χ1) is 10.2. The van der Waals surface area contributed by atoms with Crippen LogP contribution in [-0.2, 0) is 0 Å². The van der Waals surface area contributed by atoms with Crippen molar-refractivity contribution < 1.29 is 4.74 Å². The lowest BCUT2D eigenvalue weighted by atomic mass is 10.4. The molecule has 0 aromatic carbocycles. The molecule has 0 fully saturated rings. The van der Waals surface area contributed by atoms with Crippen LogP contribution in [0.3, 0.4) is 0 Å². The monoisotopic (exact) mass is 295 g/mol. The number of anilines is 2. The van der Waals surface area contributed by atoms with E-state index in [1.54, 1.807) is 0 Å². The van der Waals surface area contributed by atoms with Crippen molar-refractivity contribution in [3.05, 3.63) is 0 Å². The number of aromatic nitrogens is 3. The van der Waals surface area contributed by atoms with Gasteiger partial charge in [-0.1, -0.05) is 27.7 Å². The molecule has 1 heterocycles. The van der Waals surface area contributed by atoms with Crippen LogP contribution in [0.5, 0.6) is 6.01 Å². The second-order valence-corrected chi connectivity index (χ2v) is 5.00. The molecule has 0 amide bonds. The molecule has 0 atom stereocenters. The van der Waals surface area contributed by atoms with E-state index in [1.807, 2.05) is 0 Å². The molecular weight excluding hydrogens is 266 g/mol. The fraction of sp³-hybridized carbons (Fsp3) is 0.800. The van der Waals surface area contributed by atoms with Crippen molar-refractivity contribution in [1.82, 2.24) is 15.0 Å². The Kier molecular flexibility index (Phi) is 8.47. The van der Waals surface area contributed by atoms with E-state index in [2.05, 4.69) is 52.9 Å². The van der Waals surface area contributed by atoms with Gasteiger partial charge in [-0.2, -0.15) is 15.0 Å². The van der Waals surface area contributed by atoms with Crippen LogP contribution in [0.4, 0.5) is 11.9 Å². The van der Waals surface area contributed by atoms with Gasteiger partial charge in [0.15, 0.2) is 0 Å². The summed E-state index contributed by atoms with van der Waals surface area (Å²) < 4.78 is 5.59. The number of rotatable bonds is 11. The highest BCUT2D eigenvalue weighted by molar-refractivity contribution is 5.38. The predicted molar refractivity (Wildman–Crippen MR) is 87.2 cm³/mol. The normalized spacial score (nSPS) is 10.5. The highest BCUT2D eigenvalue weighted by Gasteiger charge is 2.13. The van der Waals surface area contributed by atoms with Crippen molar-refractivity contribution in [2.24, 2.45) is 0 Å². The zero-order valence-corrected chi connectivity index (χ0v) is 13.9. The molecule has 1 rings (SSSR count). The lowest BCUT2D eigenvalue weighted by Gasteiger charge is -2.22. The van der Waals surface area contributed by atoms with Crippen molar-refractivity contribution >= 4 is 11.9 Å². The van der Waals surface area contributed by atoms with Crippen LogP contribution in [0, 0.1) is 0 Å². The maximum absolute atomic E-state index is 5.59. The minimum atomic E-state index is 0.414. The zero-order valence-electron chi connectivity index (χ0n) is 13.9. The molecule has 0 saturated carbocycles. The van der Waals surface area contributed by atoms with Crippen LogP contribution < -0.4 is 15.0 Å². The number of ether oxygens (including phenoxy) is 1. The standard InChI is InChI=1S/C15H29N5O/c1-5-9-16-13-17-14(20(10-6-2)11-7-3)19-15(18-13)21-12-8-4/h5-12H2,1-4H3,(H,16,17,18,19). The Morgan fingerprint density at radius 1 is 0.905 bits per heavy atom. The van der Waals surface area contributed by atoms with Crippen LogP contribution >= 0.6 is 0 Å². The summed E-state index contributed by atoms with van der Waals surface area (Å²) in [5, 5.41) is 3.22. The molecule has 0 aliphatic heterocycles. The summed E-state index contributed by atoms with van der Waals surface area (Å²) in [6.45, 7) is 11.9. The summed E-state index contributed by atoms with van der Waals surface area (Å²) in [6.07, 6.45) is 4.09. The fourth-order valence-electron chi connectivity index (χ4n) is 1.91. The molecule has 21 heavy (non-hydrogen) atoms. The van der Waals surface area contributed by atoms with Gasteiger partial charge in [-0.25, -0.2) is 0 Å². The van der Waals surface area contributed by atoms with E-state index in [1.165, 1.54) is 0 Å². The second-order valence-electron chi connectivity index (χ2n) is 5.00. The van der Waals surface area contributed by atoms with Crippen LogP contribution in [-0.4, -0.2) is 41.2 Å². The number of nitrogens with zero attached hydrogens (tertiary/aromatic N) is 4. The highest BCUT2D eigenvalue weighted by atomic mass is 16.5. The number of nitrogens with one attached hydrogen (secondary N) is 1. The Morgan fingerprint density at radius 2 is 1.62 bits per heavy atom. The molecule has 0 radical (unpaired) electrons. The fourth-order valence-corrected chi connectivity index (χ4v) is 1.91. The maximum atomic E-state index is 5.59. The number of hydrogen-bond acceptors (Lipinski definition) is 6. The minimum absolute atomic E-state index is 0.414. The van der Waals surface area contributed by atoms with Gasteiger partial charge in [0.25, 0.3) is 0 Å². The Bertz CT molecular complexity index is 367. The predicted octanol–water partition coefficient (Wildman–Crippen LogP) is 3.11. The van der Waals surface area contributed by atoms with Gasteiger partial charge in [0.2, 0.25) is 11.9 Å². The van der Waals surface area contributed by atoms with Crippen LogP contribution in [0.15, 0.2) is 0 Å². The summed E-state index contributed by atoms with van der Waals surface area (Å²) in [5.41, 5.74) is 0. The third kappa shape index (κ3) is 6.14. The summed E-state index contributed by atoms with van der Waals surface area (Å²) in [7, 11) is 0. The SMILES string of the molecule is CCCNc1nc(OCCC)nc(N(CCC)CCC)n1. The smallest absolute Gasteiger partial charge is 0.323 e. The van der Waals surface area contributed by atoms with Gasteiger partial charge in [-0.15, -0.1) is 0 Å². The van der Waals surface area contributed by atoms with Gasteiger partial charge in [0, 0.05) is 19.6 Å². The van der Waals surface area contributed by atoms with Gasteiger partial charge in [-0.3, -0.25) is 0 Å². The molecule has 0 aliphatic rings. The van der Waals surface area contributed by atoms with E-state index in [4.69, 9.17) is 4.74 Å². The van der Waals surface area contributed by atoms with Gasteiger partial charge >= 0.3 is 6.01 Å². The lowest BCUT2D eigenvalue weighted by Crippen LogP contribution is -2.27. The third-order valence-electron chi connectivity index (χ3n) is 2.84. The average molecular weight is 295 g/mol. The van der Waals surface area contributed by atoms with Crippen LogP contribution in [0.25, 0.3) is 0 Å². The van der Waals surface area contributed by atoms with E-state index in [9.17, 15) is 0 Å². The Labute approximate surface area is 128 Å². The average Bonchev–Trinajstić information content (AvgIpc) is 2.50. The topological polar surface area (TPSA) is 63.2 Å². The molecule has 0 unspecified atom stereocenters. The van der Waals surface area contributed by atoms with E-state index < -0.39 is 0 Å². The van der Waals surface area contributed by atoms with Crippen molar-refractivity contribution in [2.45, 2.75) is 53.4 Å². The molecule has 1 N–H and O–H groups in total. The quantitative estimate of drug-likeness (QED) is 0.677. The summed E-state index contributed by atoms with van der Waals surface area (Å²) in [6, 6.07) is 0.414. The van der Waals surface area contributed by atoms with Crippen LogP contribution in [0.2, 0.25) is 0 Å². The summed E-state index contributed by atoms with van der Waals surface area (Å²) in [4.78, 5) is 15.5. The molecule has 0 saturated heterocycles. The Balaban J connectivity index is 2.96. The second kappa shape index (κ2) is 10.2. The Morgan fingerprint density at radius 3 is 2.19 bits per heavy atom. The van der Waals surface area contributed by atoms with E-state index in [-0.39, 0.29) is 0 Å². The first kappa shape index (κ1) is 17.5. The summed E-state index contributed by atoms with van der Waals surface area (Å²) in [5.74, 6) is 1.31. The molecule has 0 spiro atoms. The van der Waals surface area contributed by atoms with Crippen molar-refractivity contribution in [3.63, 3.8) is 0 Å². The molecule has 1 aromatic heterocycles. The van der Waals surface area contributed by atoms with Crippen molar-refractivity contribution in [1.29, 1.82) is 0 Å². The van der Waals surface area contributed by atoms with E-state index in [0.29, 0.717) is 24.5 Å². The highest BCUT2D eigenvalue weighted by Crippen LogP contribution is 2.16. The van der Waals surface area contributed by atoms with Gasteiger partial charge in [-0.05, 0) is 25.7 Å². The van der Waals surface area contributed by atoms with E-state index in [0.717, 1.165) is 45.3 Å². The third-order valence-corrected chi connectivity index (χ3v) is 2.84. The van der Waals surface area contributed by atoms with E-state index >= 15 is 0 Å². The zero-order chi connectivity index (χ0) is 15.5. The first-order valence-corrected chi connectivity index (χ1v) is 8.12. The molecular formula is C15H29N5O. The molecule has 0 bridgehead atoms. The molecule has 120 valence electrons. The van der Waals surface area contributed by atoms with Gasteiger partial charge in [0.05, 0.1) is 6.61 Å². The molecule has 6 nitrogen and oxygen atoms in total. The van der Waals surface area contributed by atoms with Crippen molar-refractivity contribution in [3.8, 4) is 6.01 Å². The summed E-state index contributed by atoms with van der Waals surface area (Å²) >= 11 is 0. The Hall–Kier alpha value is -1.59. The lowest BCUT2D eigenvalue weighted by molar-refractivity contribution is 0.291. The molecule has 6 heteroatoms. The maximum Gasteiger partial charge on any atom is 0.323 e. The molecule has 1 aromatic rings. The van der Waals surface area contributed by atoms with Crippen LogP contribution in [0.1, 0.15) is 53.4 Å².